The minimum atomic E-state index is -0.719. The van der Waals surface area contributed by atoms with Gasteiger partial charge < -0.3 is 20.1 Å². The van der Waals surface area contributed by atoms with Crippen LogP contribution in [0.2, 0.25) is 0 Å². The monoisotopic (exact) mass is 366 g/mol. The fourth-order valence-electron chi connectivity index (χ4n) is 2.46. The molecule has 7 nitrogen and oxygen atoms in total. The summed E-state index contributed by atoms with van der Waals surface area (Å²) in [5, 5.41) is -0.197. The molecule has 0 bridgehead atoms. The average molecular weight is 367 g/mol. The summed E-state index contributed by atoms with van der Waals surface area (Å²) < 4.78 is 9.45. The van der Waals surface area contributed by atoms with Gasteiger partial charge in [-0.2, -0.15) is 0 Å². The van der Waals surface area contributed by atoms with Gasteiger partial charge in [-0.1, -0.05) is 0 Å². The Morgan fingerprint density at radius 1 is 1.30 bits per heavy atom. The molecular weight excluding hydrogens is 344 g/mol. The van der Waals surface area contributed by atoms with Crippen molar-refractivity contribution >= 4 is 42.0 Å². The van der Waals surface area contributed by atoms with Crippen LogP contribution in [-0.2, 0) is 23.9 Å². The van der Waals surface area contributed by atoms with Crippen molar-refractivity contribution in [2.45, 2.75) is 56.8 Å². The van der Waals surface area contributed by atoms with Crippen LogP contribution in [0, 0.1) is 5.41 Å². The summed E-state index contributed by atoms with van der Waals surface area (Å²) in [6.07, 6.45) is 0. The summed E-state index contributed by atoms with van der Waals surface area (Å²) in [5.74, 6) is -1.29. The topological polar surface area (TPSA) is 98.9 Å². The number of hydrogen-bond donors (Lipinski definition) is 1. The van der Waals surface area contributed by atoms with Gasteiger partial charge >= 0.3 is 11.9 Å². The van der Waals surface area contributed by atoms with Gasteiger partial charge in [0.1, 0.15) is 17.5 Å². The van der Waals surface area contributed by atoms with Crippen molar-refractivity contribution in [3.05, 3.63) is 0 Å². The van der Waals surface area contributed by atoms with Crippen LogP contribution in [0.3, 0.4) is 0 Å². The van der Waals surface area contributed by atoms with E-state index in [9.17, 15) is 14.4 Å². The Balaban J connectivity index is 0.00000264. The van der Waals surface area contributed by atoms with E-state index < -0.39 is 41.0 Å². The lowest BCUT2D eigenvalue weighted by Crippen LogP contribution is -2.68. The number of rotatable bonds is 3. The number of esters is 2. The van der Waals surface area contributed by atoms with Gasteiger partial charge in [-0.25, -0.2) is 4.79 Å². The minimum Gasteiger partial charge on any atom is -0.427 e. The summed E-state index contributed by atoms with van der Waals surface area (Å²) >= 11 is 1.48. The van der Waals surface area contributed by atoms with Crippen molar-refractivity contribution in [3.8, 4) is 0 Å². The Bertz CT molecular complexity index is 520. The summed E-state index contributed by atoms with van der Waals surface area (Å²) in [6, 6.07) is -1.29. The molecule has 1 amide bonds. The van der Waals surface area contributed by atoms with E-state index in [0.29, 0.717) is 0 Å². The van der Waals surface area contributed by atoms with E-state index in [2.05, 4.69) is 0 Å². The number of halogens is 1. The Labute approximate surface area is 146 Å². The molecule has 0 radical (unpaired) electrons. The maximum atomic E-state index is 12.3. The van der Waals surface area contributed by atoms with Crippen molar-refractivity contribution in [1.29, 1.82) is 0 Å². The van der Waals surface area contributed by atoms with Crippen LogP contribution in [-0.4, -0.2) is 51.7 Å². The third-order valence-electron chi connectivity index (χ3n) is 3.71. The lowest BCUT2D eigenvalue weighted by Gasteiger charge is -2.41. The largest absolute Gasteiger partial charge is 0.427 e. The SMILES string of the molecule is CC(C)(C)C(=O)OCOC(=O)[C@@H]1N2C(=O)[C@H](N)[C@H]2SC1(C)C.Cl. The van der Waals surface area contributed by atoms with E-state index in [1.807, 2.05) is 13.8 Å². The van der Waals surface area contributed by atoms with Crippen LogP contribution < -0.4 is 5.73 Å². The van der Waals surface area contributed by atoms with Gasteiger partial charge in [-0.15, -0.1) is 24.2 Å². The molecule has 9 heteroatoms. The van der Waals surface area contributed by atoms with E-state index in [4.69, 9.17) is 15.2 Å². The summed E-state index contributed by atoms with van der Waals surface area (Å²) in [4.78, 5) is 37.2. The van der Waals surface area contributed by atoms with Gasteiger partial charge in [-0.05, 0) is 34.6 Å². The Hall–Kier alpha value is -0.990. The smallest absolute Gasteiger partial charge is 0.333 e. The first-order valence-corrected chi connectivity index (χ1v) is 7.94. The van der Waals surface area contributed by atoms with Crippen molar-refractivity contribution in [3.63, 3.8) is 0 Å². The fourth-order valence-corrected chi connectivity index (χ4v) is 4.02. The van der Waals surface area contributed by atoms with Crippen molar-refractivity contribution < 1.29 is 23.9 Å². The number of nitrogens with zero attached hydrogens (tertiary/aromatic N) is 1. The molecule has 2 heterocycles. The van der Waals surface area contributed by atoms with Crippen LogP contribution >= 0.6 is 24.2 Å². The number of β-lactam (4-membered cyclic amide) rings is 1. The normalized spacial score (nSPS) is 28.3. The van der Waals surface area contributed by atoms with Gasteiger partial charge in [0.25, 0.3) is 0 Å². The third kappa shape index (κ3) is 3.59. The van der Waals surface area contributed by atoms with E-state index in [1.165, 1.54) is 16.7 Å². The zero-order valence-electron chi connectivity index (χ0n) is 13.8. The van der Waals surface area contributed by atoms with Crippen LogP contribution in [0.1, 0.15) is 34.6 Å². The molecule has 132 valence electrons. The van der Waals surface area contributed by atoms with Crippen molar-refractivity contribution in [1.82, 2.24) is 4.90 Å². The molecule has 3 atom stereocenters. The van der Waals surface area contributed by atoms with Gasteiger partial charge in [-0.3, -0.25) is 9.59 Å². The second-order valence-electron chi connectivity index (χ2n) is 7.05. The molecular formula is C14H23ClN2O5S. The molecule has 2 fully saturated rings. The summed E-state index contributed by atoms with van der Waals surface area (Å²) in [7, 11) is 0. The summed E-state index contributed by atoms with van der Waals surface area (Å²) in [6.45, 7) is 8.40. The summed E-state index contributed by atoms with van der Waals surface area (Å²) in [5.41, 5.74) is 5.08. The molecule has 2 N–H and O–H groups in total. The van der Waals surface area contributed by atoms with Crippen molar-refractivity contribution in [2.24, 2.45) is 11.1 Å². The molecule has 2 aliphatic rings. The lowest BCUT2D eigenvalue weighted by atomic mass is 9.96. The highest BCUT2D eigenvalue weighted by Crippen LogP contribution is 2.50. The minimum absolute atomic E-state index is 0. The van der Waals surface area contributed by atoms with E-state index >= 15 is 0 Å². The van der Waals surface area contributed by atoms with Gasteiger partial charge in [0, 0.05) is 4.75 Å². The number of carbonyl (C=O) groups excluding carboxylic acids is 3. The number of hydrogen-bond acceptors (Lipinski definition) is 7. The number of carbonyl (C=O) groups is 3. The third-order valence-corrected chi connectivity index (χ3v) is 5.30. The van der Waals surface area contributed by atoms with Gasteiger partial charge in [0.05, 0.1) is 5.41 Å². The lowest BCUT2D eigenvalue weighted by molar-refractivity contribution is -0.179. The second kappa shape index (κ2) is 6.49. The van der Waals surface area contributed by atoms with Crippen LogP contribution in [0.15, 0.2) is 0 Å². The first-order chi connectivity index (χ1) is 9.97. The maximum Gasteiger partial charge on any atom is 0.333 e. The molecule has 2 rings (SSSR count). The molecule has 0 spiro atoms. The Morgan fingerprint density at radius 3 is 2.39 bits per heavy atom. The van der Waals surface area contributed by atoms with E-state index in [1.54, 1.807) is 20.8 Å². The molecule has 0 aromatic rings. The molecule has 23 heavy (non-hydrogen) atoms. The maximum absolute atomic E-state index is 12.3. The van der Waals surface area contributed by atoms with E-state index in [-0.39, 0.29) is 23.7 Å². The number of thioether (sulfide) groups is 1. The molecule has 2 aliphatic heterocycles. The highest BCUT2D eigenvalue weighted by molar-refractivity contribution is 8.01. The predicted octanol–water partition coefficient (Wildman–Crippen LogP) is 0.888. The number of ether oxygens (including phenoxy) is 2. The predicted molar refractivity (Wildman–Crippen MR) is 87.8 cm³/mol. The van der Waals surface area contributed by atoms with Crippen LogP contribution in [0.4, 0.5) is 0 Å². The number of fused-ring (bicyclic) bond motifs is 1. The molecule has 0 aromatic heterocycles. The van der Waals surface area contributed by atoms with Crippen molar-refractivity contribution in [2.75, 3.05) is 6.79 Å². The van der Waals surface area contributed by atoms with Gasteiger partial charge in [0.2, 0.25) is 12.7 Å². The standard InChI is InChI=1S/C14H22N2O5S.ClH/c1-13(2,3)12(19)21-6-20-11(18)8-14(4,5)22-10-7(15)9(17)16(8)10;/h7-8,10H,6,15H2,1-5H3;1H/t7-,8-,10+;/m0./s1. The Morgan fingerprint density at radius 2 is 1.87 bits per heavy atom. The molecule has 0 aliphatic carbocycles. The fraction of sp³-hybridized carbons (Fsp3) is 0.786. The molecule has 2 saturated heterocycles. The van der Waals surface area contributed by atoms with E-state index in [0.717, 1.165) is 0 Å². The van der Waals surface area contributed by atoms with Crippen LogP contribution in [0.25, 0.3) is 0 Å². The highest BCUT2D eigenvalue weighted by atomic mass is 35.5. The number of nitrogens with two attached hydrogens (primary N) is 1. The van der Waals surface area contributed by atoms with Gasteiger partial charge in [0.15, 0.2) is 0 Å². The quantitative estimate of drug-likeness (QED) is 0.449. The molecule has 0 aromatic carbocycles. The molecule has 0 unspecified atom stereocenters. The second-order valence-corrected chi connectivity index (χ2v) is 8.82. The highest BCUT2D eigenvalue weighted by Gasteiger charge is 2.63. The average Bonchev–Trinajstić information content (AvgIpc) is 2.65. The first-order valence-electron chi connectivity index (χ1n) is 7.06. The zero-order valence-corrected chi connectivity index (χ0v) is 15.5. The zero-order chi connectivity index (χ0) is 16.9. The molecule has 0 saturated carbocycles. The Kier molecular flexibility index (Phi) is 5.66. The van der Waals surface area contributed by atoms with Crippen LogP contribution in [0.5, 0.6) is 0 Å². The number of amides is 1. The first kappa shape index (κ1) is 20.1.